The van der Waals surface area contributed by atoms with Crippen molar-refractivity contribution in [3.8, 4) is 17.0 Å². The predicted octanol–water partition coefficient (Wildman–Crippen LogP) is 3.31. The number of para-hydroxylation sites is 1. The summed E-state index contributed by atoms with van der Waals surface area (Å²) >= 11 is 0. The Labute approximate surface area is 167 Å². The van der Waals surface area contributed by atoms with Crippen molar-refractivity contribution < 1.29 is 9.84 Å². The molecule has 29 heavy (non-hydrogen) atoms. The molecule has 3 heterocycles. The second-order valence-corrected chi connectivity index (χ2v) is 6.85. The number of hydrogen-bond donors (Lipinski definition) is 3. The Balaban J connectivity index is 1.55. The fraction of sp³-hybridized carbons (Fsp3) is 0.190. The van der Waals surface area contributed by atoms with Gasteiger partial charge in [0.15, 0.2) is 0 Å². The van der Waals surface area contributed by atoms with Crippen molar-refractivity contribution in [3.63, 3.8) is 0 Å². The van der Waals surface area contributed by atoms with E-state index in [4.69, 9.17) is 14.7 Å². The molecule has 5 rings (SSSR count). The van der Waals surface area contributed by atoms with Crippen LogP contribution in [-0.4, -0.2) is 51.6 Å². The van der Waals surface area contributed by atoms with E-state index in [1.165, 1.54) is 0 Å². The summed E-state index contributed by atoms with van der Waals surface area (Å²) < 4.78 is 5.45. The highest BCUT2D eigenvalue weighted by molar-refractivity contribution is 5.83. The summed E-state index contributed by atoms with van der Waals surface area (Å²) in [5.41, 5.74) is 3.19. The van der Waals surface area contributed by atoms with Gasteiger partial charge in [0.1, 0.15) is 11.6 Å². The summed E-state index contributed by atoms with van der Waals surface area (Å²) in [7, 11) is 0. The first-order valence-electron chi connectivity index (χ1n) is 9.46. The minimum Gasteiger partial charge on any atom is -0.507 e. The number of rotatable bonds is 4. The van der Waals surface area contributed by atoms with Crippen molar-refractivity contribution in [2.45, 2.75) is 0 Å². The first-order chi connectivity index (χ1) is 14.3. The molecule has 0 amide bonds. The zero-order chi connectivity index (χ0) is 19.6. The highest BCUT2D eigenvalue weighted by atomic mass is 16.5. The van der Waals surface area contributed by atoms with E-state index in [2.05, 4.69) is 20.4 Å². The van der Waals surface area contributed by atoms with Crippen LogP contribution in [0.1, 0.15) is 0 Å². The first kappa shape index (κ1) is 17.4. The lowest BCUT2D eigenvalue weighted by molar-refractivity contribution is 0.122. The minimum atomic E-state index is 0.185. The third kappa shape index (κ3) is 3.57. The molecular formula is C21H20N6O2. The maximum absolute atomic E-state index is 10.3. The molecule has 3 N–H and O–H groups in total. The van der Waals surface area contributed by atoms with Gasteiger partial charge >= 0.3 is 0 Å². The maximum atomic E-state index is 10.3. The molecule has 1 fully saturated rings. The topological polar surface area (TPSA) is 99.2 Å². The Bertz CT molecular complexity index is 1150. The summed E-state index contributed by atoms with van der Waals surface area (Å²) in [6.07, 6.45) is 1.78. The Kier molecular flexibility index (Phi) is 4.45. The fourth-order valence-corrected chi connectivity index (χ4v) is 3.40. The number of aromatic amines is 1. The number of hydrogen-bond acceptors (Lipinski definition) is 7. The van der Waals surface area contributed by atoms with Crippen molar-refractivity contribution in [1.82, 2.24) is 20.2 Å². The molecule has 8 nitrogen and oxygen atoms in total. The molecule has 0 spiro atoms. The number of phenols is 1. The van der Waals surface area contributed by atoms with Crippen molar-refractivity contribution in [3.05, 3.63) is 54.7 Å². The van der Waals surface area contributed by atoms with E-state index in [9.17, 15) is 5.11 Å². The van der Waals surface area contributed by atoms with Gasteiger partial charge in [-0.25, -0.2) is 4.98 Å². The number of nitrogens with one attached hydrogen (secondary N) is 2. The SMILES string of the molecule is Oc1ccccc1-c1cc(Nc2ccc3[nH]ncc3c2)nc(N2CCOCC2)n1. The van der Waals surface area contributed by atoms with Gasteiger partial charge in [-0.1, -0.05) is 12.1 Å². The number of aromatic nitrogens is 4. The third-order valence-electron chi connectivity index (χ3n) is 4.90. The quantitative estimate of drug-likeness (QED) is 0.493. The average Bonchev–Trinajstić information content (AvgIpc) is 3.22. The van der Waals surface area contributed by atoms with Gasteiger partial charge in [0.2, 0.25) is 5.95 Å². The lowest BCUT2D eigenvalue weighted by Gasteiger charge is -2.27. The Hall–Kier alpha value is -3.65. The number of nitrogens with zero attached hydrogens (tertiary/aromatic N) is 4. The summed E-state index contributed by atoms with van der Waals surface area (Å²) in [5.74, 6) is 1.45. The average molecular weight is 388 g/mol. The van der Waals surface area contributed by atoms with Gasteiger partial charge < -0.3 is 20.1 Å². The Morgan fingerprint density at radius 3 is 2.76 bits per heavy atom. The molecule has 2 aromatic heterocycles. The van der Waals surface area contributed by atoms with E-state index in [-0.39, 0.29) is 5.75 Å². The standard InChI is InChI=1S/C21H20N6O2/c28-19-4-2-1-3-16(19)18-12-20(25-21(24-18)27-7-9-29-10-8-27)23-15-5-6-17-14(11-15)13-22-26-17/h1-6,11-13,28H,7-10H2,(H,22,26)(H,23,24,25). The van der Waals surface area contributed by atoms with Crippen LogP contribution in [0, 0.1) is 0 Å². The van der Waals surface area contributed by atoms with Crippen molar-refractivity contribution in [1.29, 1.82) is 0 Å². The van der Waals surface area contributed by atoms with Crippen molar-refractivity contribution in [2.75, 3.05) is 36.5 Å². The Morgan fingerprint density at radius 1 is 1.03 bits per heavy atom. The van der Waals surface area contributed by atoms with E-state index in [1.54, 1.807) is 18.3 Å². The highest BCUT2D eigenvalue weighted by Crippen LogP contribution is 2.31. The van der Waals surface area contributed by atoms with Crippen LogP contribution >= 0.6 is 0 Å². The molecular weight excluding hydrogens is 368 g/mol. The number of H-pyrrole nitrogens is 1. The molecule has 1 saturated heterocycles. The van der Waals surface area contributed by atoms with Crippen molar-refractivity contribution >= 4 is 28.4 Å². The first-order valence-corrected chi connectivity index (χ1v) is 9.46. The maximum Gasteiger partial charge on any atom is 0.228 e. The molecule has 0 bridgehead atoms. The number of aromatic hydroxyl groups is 1. The number of anilines is 3. The van der Waals surface area contributed by atoms with E-state index >= 15 is 0 Å². The van der Waals surface area contributed by atoms with E-state index in [0.29, 0.717) is 36.2 Å². The largest absolute Gasteiger partial charge is 0.507 e. The molecule has 146 valence electrons. The number of ether oxygens (including phenoxy) is 1. The fourth-order valence-electron chi connectivity index (χ4n) is 3.40. The molecule has 1 aliphatic heterocycles. The molecule has 0 aliphatic carbocycles. The molecule has 1 aliphatic rings. The van der Waals surface area contributed by atoms with Gasteiger partial charge in [-0.15, -0.1) is 0 Å². The summed E-state index contributed by atoms with van der Waals surface area (Å²) in [6, 6.07) is 15.0. The zero-order valence-electron chi connectivity index (χ0n) is 15.7. The van der Waals surface area contributed by atoms with E-state index < -0.39 is 0 Å². The number of benzene rings is 2. The van der Waals surface area contributed by atoms with Gasteiger partial charge in [0, 0.05) is 35.8 Å². The molecule has 8 heteroatoms. The van der Waals surface area contributed by atoms with Crippen LogP contribution in [-0.2, 0) is 4.74 Å². The van der Waals surface area contributed by atoms with Gasteiger partial charge in [0.05, 0.1) is 30.6 Å². The van der Waals surface area contributed by atoms with E-state index in [1.807, 2.05) is 36.4 Å². The molecule has 0 saturated carbocycles. The van der Waals surface area contributed by atoms with Crippen LogP contribution in [0.25, 0.3) is 22.2 Å². The molecule has 0 atom stereocenters. The molecule has 2 aromatic carbocycles. The number of fused-ring (bicyclic) bond motifs is 1. The summed E-state index contributed by atoms with van der Waals surface area (Å²) in [5, 5.41) is 21.7. The van der Waals surface area contributed by atoms with E-state index in [0.717, 1.165) is 29.7 Å². The van der Waals surface area contributed by atoms with Crippen LogP contribution in [0.15, 0.2) is 54.7 Å². The zero-order valence-corrected chi connectivity index (χ0v) is 15.7. The van der Waals surface area contributed by atoms with Gasteiger partial charge in [0.25, 0.3) is 0 Å². The lowest BCUT2D eigenvalue weighted by atomic mass is 10.1. The number of phenolic OH excluding ortho intramolecular Hbond substituents is 1. The second-order valence-electron chi connectivity index (χ2n) is 6.85. The van der Waals surface area contributed by atoms with Crippen molar-refractivity contribution in [2.24, 2.45) is 0 Å². The smallest absolute Gasteiger partial charge is 0.228 e. The van der Waals surface area contributed by atoms with Gasteiger partial charge in [-0.2, -0.15) is 10.1 Å². The minimum absolute atomic E-state index is 0.185. The highest BCUT2D eigenvalue weighted by Gasteiger charge is 2.17. The van der Waals surface area contributed by atoms with Crippen LogP contribution in [0.4, 0.5) is 17.5 Å². The van der Waals surface area contributed by atoms with Gasteiger partial charge in [-0.05, 0) is 30.3 Å². The van der Waals surface area contributed by atoms with Crippen LogP contribution in [0.5, 0.6) is 5.75 Å². The second kappa shape index (κ2) is 7.40. The van der Waals surface area contributed by atoms with Crippen LogP contribution in [0.2, 0.25) is 0 Å². The number of morpholine rings is 1. The lowest BCUT2D eigenvalue weighted by Crippen LogP contribution is -2.37. The van der Waals surface area contributed by atoms with Crippen LogP contribution < -0.4 is 10.2 Å². The predicted molar refractivity (Wildman–Crippen MR) is 112 cm³/mol. The summed E-state index contributed by atoms with van der Waals surface area (Å²) in [6.45, 7) is 2.74. The summed E-state index contributed by atoms with van der Waals surface area (Å²) in [4.78, 5) is 11.5. The molecule has 4 aromatic rings. The molecule has 0 unspecified atom stereocenters. The normalized spacial score (nSPS) is 14.3. The Morgan fingerprint density at radius 2 is 1.90 bits per heavy atom. The third-order valence-corrected chi connectivity index (χ3v) is 4.90. The monoisotopic (exact) mass is 388 g/mol. The van der Waals surface area contributed by atoms with Crippen LogP contribution in [0.3, 0.4) is 0 Å². The van der Waals surface area contributed by atoms with Gasteiger partial charge in [-0.3, -0.25) is 5.10 Å². The molecule has 0 radical (unpaired) electrons.